The van der Waals surface area contributed by atoms with Gasteiger partial charge in [-0.05, 0) is 12.0 Å². The lowest BCUT2D eigenvalue weighted by atomic mass is 10.0. The highest BCUT2D eigenvalue weighted by molar-refractivity contribution is 7.20. The Labute approximate surface area is 172 Å². The molecule has 1 aliphatic heterocycles. The predicted octanol–water partition coefficient (Wildman–Crippen LogP) is 1.60. The molecular formula is C20H23N5O3S. The monoisotopic (exact) mass is 413 g/mol. The van der Waals surface area contributed by atoms with Gasteiger partial charge in [0.25, 0.3) is 5.56 Å². The molecule has 1 fully saturated rings. The van der Waals surface area contributed by atoms with Gasteiger partial charge in [-0.1, -0.05) is 48.6 Å². The molecule has 1 saturated heterocycles. The number of rotatable bonds is 6. The van der Waals surface area contributed by atoms with Crippen molar-refractivity contribution in [2.75, 3.05) is 31.6 Å². The van der Waals surface area contributed by atoms with Crippen LogP contribution in [-0.4, -0.2) is 57.8 Å². The smallest absolute Gasteiger partial charge is 0.275 e. The molecule has 3 aromatic rings. The van der Waals surface area contributed by atoms with Crippen molar-refractivity contribution in [3.8, 4) is 0 Å². The number of fused-ring (bicyclic) bond motifs is 1. The second kappa shape index (κ2) is 8.71. The summed E-state index contributed by atoms with van der Waals surface area (Å²) in [4.78, 5) is 32.3. The van der Waals surface area contributed by atoms with Gasteiger partial charge in [0.2, 0.25) is 16.0 Å². The number of amides is 1. The van der Waals surface area contributed by atoms with Gasteiger partial charge in [0.1, 0.15) is 6.04 Å². The van der Waals surface area contributed by atoms with Gasteiger partial charge in [-0.2, -0.15) is 4.52 Å². The van der Waals surface area contributed by atoms with E-state index >= 15 is 0 Å². The summed E-state index contributed by atoms with van der Waals surface area (Å²) in [5, 5.41) is 8.11. The summed E-state index contributed by atoms with van der Waals surface area (Å²) in [6, 6.07) is 10.9. The lowest BCUT2D eigenvalue weighted by molar-refractivity contribution is -0.136. The maximum Gasteiger partial charge on any atom is 0.275 e. The molecule has 4 rings (SSSR count). The topological polar surface area (TPSA) is 88.8 Å². The number of carbonyl (C=O) groups excluding carboxylic acids is 1. The summed E-state index contributed by atoms with van der Waals surface area (Å²) in [7, 11) is 0. The van der Waals surface area contributed by atoms with E-state index in [4.69, 9.17) is 4.74 Å². The quantitative estimate of drug-likeness (QED) is 0.660. The molecule has 9 heteroatoms. The minimum atomic E-state index is -0.489. The SMILES string of the molecule is CCc1cc(=O)n2nc(NC(Cc3ccccc3)C(=O)N3CCOCC3)sc2n1. The third-order valence-corrected chi connectivity index (χ3v) is 5.70. The first-order valence-corrected chi connectivity index (χ1v) is 10.5. The molecule has 1 aromatic carbocycles. The standard InChI is InChI=1S/C20H23N5O3S/c1-2-15-13-17(26)25-20(21-15)29-19(23-25)22-16(12-14-6-4-3-5-7-14)18(27)24-8-10-28-11-9-24/h3-7,13,16H,2,8-12H2,1H3,(H,22,23). The molecule has 1 aliphatic rings. The van der Waals surface area contributed by atoms with E-state index in [1.54, 1.807) is 0 Å². The van der Waals surface area contributed by atoms with E-state index in [1.165, 1.54) is 21.9 Å². The molecule has 1 atom stereocenters. The number of hydrogen-bond acceptors (Lipinski definition) is 7. The second-order valence-electron chi connectivity index (χ2n) is 6.87. The third kappa shape index (κ3) is 4.46. The first-order chi connectivity index (χ1) is 14.1. The number of nitrogens with one attached hydrogen (secondary N) is 1. The summed E-state index contributed by atoms with van der Waals surface area (Å²) in [6.45, 7) is 4.20. The fraction of sp³-hybridized carbons (Fsp3) is 0.400. The van der Waals surface area contributed by atoms with E-state index in [0.717, 1.165) is 11.3 Å². The number of aryl methyl sites for hydroxylation is 1. The minimum absolute atomic E-state index is 0.00552. The highest BCUT2D eigenvalue weighted by Crippen LogP contribution is 2.20. The van der Waals surface area contributed by atoms with Crippen LogP contribution in [0.25, 0.3) is 4.96 Å². The third-order valence-electron chi connectivity index (χ3n) is 4.86. The van der Waals surface area contributed by atoms with Crippen LogP contribution < -0.4 is 10.9 Å². The fourth-order valence-corrected chi connectivity index (χ4v) is 4.18. The van der Waals surface area contributed by atoms with Crippen molar-refractivity contribution in [2.24, 2.45) is 0 Å². The number of carbonyl (C=O) groups is 1. The van der Waals surface area contributed by atoms with E-state index in [1.807, 2.05) is 42.2 Å². The molecule has 3 heterocycles. The zero-order chi connectivity index (χ0) is 20.2. The van der Waals surface area contributed by atoms with Crippen LogP contribution >= 0.6 is 11.3 Å². The Hall–Kier alpha value is -2.78. The summed E-state index contributed by atoms with van der Waals surface area (Å²) in [6.07, 6.45) is 1.20. The molecule has 0 spiro atoms. The molecule has 29 heavy (non-hydrogen) atoms. The Balaban J connectivity index is 1.62. The number of morpholine rings is 1. The summed E-state index contributed by atoms with van der Waals surface area (Å²) >= 11 is 1.28. The highest BCUT2D eigenvalue weighted by Gasteiger charge is 2.27. The van der Waals surface area contributed by atoms with Gasteiger partial charge in [-0.25, -0.2) is 4.98 Å². The van der Waals surface area contributed by atoms with Crippen LogP contribution in [0.4, 0.5) is 5.13 Å². The molecule has 2 aromatic heterocycles. The van der Waals surface area contributed by atoms with Gasteiger partial charge in [0.05, 0.1) is 13.2 Å². The van der Waals surface area contributed by atoms with Crippen LogP contribution in [0.3, 0.4) is 0 Å². The molecule has 1 N–H and O–H groups in total. The number of hydrogen-bond donors (Lipinski definition) is 1. The van der Waals surface area contributed by atoms with Crippen molar-refractivity contribution >= 4 is 27.3 Å². The van der Waals surface area contributed by atoms with E-state index in [9.17, 15) is 9.59 Å². The number of benzene rings is 1. The van der Waals surface area contributed by atoms with Gasteiger partial charge in [0, 0.05) is 31.3 Å². The first-order valence-electron chi connectivity index (χ1n) is 9.71. The van der Waals surface area contributed by atoms with Crippen LogP contribution in [0.15, 0.2) is 41.2 Å². The number of anilines is 1. The number of nitrogens with zero attached hydrogens (tertiary/aromatic N) is 4. The molecule has 0 aliphatic carbocycles. The molecular weight excluding hydrogens is 390 g/mol. The summed E-state index contributed by atoms with van der Waals surface area (Å²) in [5.74, 6) is 0.00552. The average Bonchev–Trinajstić information content (AvgIpc) is 3.17. The van der Waals surface area contributed by atoms with Gasteiger partial charge in [-0.15, -0.1) is 5.10 Å². The van der Waals surface area contributed by atoms with Crippen LogP contribution in [0, 0.1) is 0 Å². The Morgan fingerprint density at radius 3 is 2.76 bits per heavy atom. The maximum absolute atomic E-state index is 13.2. The number of aromatic nitrogens is 3. The van der Waals surface area contributed by atoms with Gasteiger partial charge < -0.3 is 15.0 Å². The van der Waals surface area contributed by atoms with Crippen LogP contribution in [0.5, 0.6) is 0 Å². The zero-order valence-corrected chi connectivity index (χ0v) is 17.0. The van der Waals surface area contributed by atoms with Crippen LogP contribution in [0.2, 0.25) is 0 Å². The van der Waals surface area contributed by atoms with Crippen molar-refractivity contribution in [1.82, 2.24) is 19.5 Å². The van der Waals surface area contributed by atoms with Crippen LogP contribution in [-0.2, 0) is 22.4 Å². The van der Waals surface area contributed by atoms with E-state index in [2.05, 4.69) is 15.4 Å². The highest BCUT2D eigenvalue weighted by atomic mass is 32.1. The summed E-state index contributed by atoms with van der Waals surface area (Å²) in [5.41, 5.74) is 1.57. The molecule has 8 nitrogen and oxygen atoms in total. The lowest BCUT2D eigenvalue weighted by Crippen LogP contribution is -2.48. The second-order valence-corrected chi connectivity index (χ2v) is 7.82. The van der Waals surface area contributed by atoms with Gasteiger partial charge in [0.15, 0.2) is 0 Å². The van der Waals surface area contributed by atoms with Crippen molar-refractivity contribution in [3.63, 3.8) is 0 Å². The average molecular weight is 414 g/mol. The van der Waals surface area contributed by atoms with Crippen molar-refractivity contribution < 1.29 is 9.53 Å². The first kappa shape index (κ1) is 19.5. The van der Waals surface area contributed by atoms with Crippen molar-refractivity contribution in [1.29, 1.82) is 0 Å². The Kier molecular flexibility index (Phi) is 5.86. The maximum atomic E-state index is 13.2. The molecule has 152 valence electrons. The molecule has 0 bridgehead atoms. The normalized spacial score (nSPS) is 15.4. The van der Waals surface area contributed by atoms with Gasteiger partial charge >= 0.3 is 0 Å². The minimum Gasteiger partial charge on any atom is -0.378 e. The van der Waals surface area contributed by atoms with Crippen molar-refractivity contribution in [3.05, 3.63) is 58.0 Å². The van der Waals surface area contributed by atoms with Crippen molar-refractivity contribution in [2.45, 2.75) is 25.8 Å². The summed E-state index contributed by atoms with van der Waals surface area (Å²) < 4.78 is 6.65. The molecule has 1 amide bonds. The Morgan fingerprint density at radius 1 is 1.28 bits per heavy atom. The van der Waals surface area contributed by atoms with E-state index in [0.29, 0.717) is 49.2 Å². The zero-order valence-electron chi connectivity index (χ0n) is 16.2. The Bertz CT molecular complexity index is 1040. The van der Waals surface area contributed by atoms with E-state index in [-0.39, 0.29) is 11.5 Å². The Morgan fingerprint density at radius 2 is 2.03 bits per heavy atom. The fourth-order valence-electron chi connectivity index (χ4n) is 3.30. The predicted molar refractivity (Wildman–Crippen MR) is 111 cm³/mol. The molecule has 0 saturated carbocycles. The largest absolute Gasteiger partial charge is 0.378 e. The van der Waals surface area contributed by atoms with Crippen LogP contribution in [0.1, 0.15) is 18.2 Å². The lowest BCUT2D eigenvalue weighted by Gasteiger charge is -2.30. The number of ether oxygens (including phenoxy) is 1. The molecule has 0 radical (unpaired) electrons. The molecule has 1 unspecified atom stereocenters. The van der Waals surface area contributed by atoms with E-state index < -0.39 is 6.04 Å². The van der Waals surface area contributed by atoms with Gasteiger partial charge in [-0.3, -0.25) is 9.59 Å².